The number of pyridine rings is 1. The van der Waals surface area contributed by atoms with E-state index in [2.05, 4.69) is 10.2 Å². The number of carbonyl (C=O) groups is 1. The van der Waals surface area contributed by atoms with Gasteiger partial charge in [0.25, 0.3) is 0 Å². The molecule has 3 aromatic carbocycles. The van der Waals surface area contributed by atoms with Gasteiger partial charge in [-0.15, -0.1) is 0 Å². The number of hydrogen-bond acceptors (Lipinski definition) is 5. The number of nitrogens with zero attached hydrogens (tertiary/aromatic N) is 2. The summed E-state index contributed by atoms with van der Waals surface area (Å²) in [6.45, 7) is 3.94. The van der Waals surface area contributed by atoms with Gasteiger partial charge < -0.3 is 24.6 Å². The van der Waals surface area contributed by atoms with Crippen LogP contribution in [-0.4, -0.2) is 46.7 Å². The number of aromatic carboxylic acids is 1. The van der Waals surface area contributed by atoms with E-state index in [-0.39, 0.29) is 5.56 Å². The van der Waals surface area contributed by atoms with Crippen LogP contribution < -0.4 is 15.5 Å². The number of ether oxygens (including phenoxy) is 1. The van der Waals surface area contributed by atoms with Crippen LogP contribution in [0.25, 0.3) is 27.4 Å². The van der Waals surface area contributed by atoms with Gasteiger partial charge in [-0.05, 0) is 49.5 Å². The average Bonchev–Trinajstić information content (AvgIpc) is 3.34. The number of hydrogen-bond donors (Lipinski definition) is 2. The minimum Gasteiger partial charge on any atom is -0.477 e. The highest BCUT2D eigenvalue weighted by atomic mass is 16.5. The molecule has 166 valence electrons. The Morgan fingerprint density at radius 3 is 2.67 bits per heavy atom. The largest absolute Gasteiger partial charge is 0.477 e. The van der Waals surface area contributed by atoms with Crippen LogP contribution in [0.3, 0.4) is 0 Å². The smallest absolute Gasteiger partial charge is 0.341 e. The van der Waals surface area contributed by atoms with E-state index in [1.807, 2.05) is 47.0 Å². The van der Waals surface area contributed by atoms with Crippen molar-refractivity contribution in [2.75, 3.05) is 31.5 Å². The molecule has 2 N–H and O–H groups in total. The van der Waals surface area contributed by atoms with Gasteiger partial charge in [-0.25, -0.2) is 4.79 Å². The highest BCUT2D eigenvalue weighted by Crippen LogP contribution is 2.46. The van der Waals surface area contributed by atoms with Crippen LogP contribution in [0.5, 0.6) is 11.5 Å². The van der Waals surface area contributed by atoms with Crippen molar-refractivity contribution in [3.8, 4) is 17.2 Å². The monoisotopic (exact) mass is 441 g/mol. The summed E-state index contributed by atoms with van der Waals surface area (Å²) in [7, 11) is 0. The predicted octanol–water partition coefficient (Wildman–Crippen LogP) is 4.46. The summed E-state index contributed by atoms with van der Waals surface area (Å²) >= 11 is 0. The molecule has 7 nitrogen and oxygen atoms in total. The zero-order valence-electron chi connectivity index (χ0n) is 18.0. The van der Waals surface area contributed by atoms with Crippen molar-refractivity contribution in [3.05, 3.63) is 70.5 Å². The first-order chi connectivity index (χ1) is 16.1. The van der Waals surface area contributed by atoms with Crippen molar-refractivity contribution in [2.45, 2.75) is 12.8 Å². The molecule has 1 fully saturated rings. The molecule has 7 heteroatoms. The number of fused-ring (bicyclic) bond motifs is 4. The number of benzene rings is 3. The molecule has 2 aliphatic rings. The topological polar surface area (TPSA) is 83.8 Å². The third-order valence-electron chi connectivity index (χ3n) is 6.61. The van der Waals surface area contributed by atoms with Gasteiger partial charge in [-0.2, -0.15) is 0 Å². The molecule has 0 radical (unpaired) electrons. The third kappa shape index (κ3) is 3.15. The molecule has 2 aliphatic heterocycles. The zero-order valence-corrected chi connectivity index (χ0v) is 18.0. The van der Waals surface area contributed by atoms with Gasteiger partial charge in [0.05, 0.1) is 16.8 Å². The van der Waals surface area contributed by atoms with Gasteiger partial charge in [0.1, 0.15) is 11.1 Å². The lowest BCUT2D eigenvalue weighted by Gasteiger charge is -2.27. The minimum absolute atomic E-state index is 0.260. The Balaban J connectivity index is 1.56. The highest BCUT2D eigenvalue weighted by molar-refractivity contribution is 6.02. The van der Waals surface area contributed by atoms with Gasteiger partial charge in [0, 0.05) is 24.7 Å². The Labute approximate surface area is 189 Å². The maximum Gasteiger partial charge on any atom is 0.341 e. The molecule has 0 bridgehead atoms. The van der Waals surface area contributed by atoms with E-state index in [1.165, 1.54) is 19.0 Å². The Kier molecular flexibility index (Phi) is 4.58. The molecule has 6 rings (SSSR count). The normalized spacial score (nSPS) is 14.9. The van der Waals surface area contributed by atoms with Crippen LogP contribution in [0, 0.1) is 0 Å². The van der Waals surface area contributed by atoms with Crippen molar-refractivity contribution in [1.29, 1.82) is 0 Å². The molecule has 1 saturated heterocycles. The maximum absolute atomic E-state index is 13.0. The van der Waals surface area contributed by atoms with Crippen LogP contribution in [-0.2, 0) is 0 Å². The van der Waals surface area contributed by atoms with Gasteiger partial charge >= 0.3 is 5.97 Å². The first-order valence-corrected chi connectivity index (χ1v) is 11.2. The molecular weight excluding hydrogens is 418 g/mol. The van der Waals surface area contributed by atoms with Gasteiger partial charge in [0.15, 0.2) is 11.5 Å². The van der Waals surface area contributed by atoms with E-state index in [0.29, 0.717) is 22.4 Å². The maximum atomic E-state index is 13.0. The molecule has 3 heterocycles. The summed E-state index contributed by atoms with van der Waals surface area (Å²) in [6, 6.07) is 15.3. The predicted molar refractivity (Wildman–Crippen MR) is 128 cm³/mol. The molecule has 4 aromatic rings. The number of rotatable bonds is 5. The van der Waals surface area contributed by atoms with Crippen molar-refractivity contribution in [3.63, 3.8) is 0 Å². The molecule has 0 atom stereocenters. The second-order valence-electron chi connectivity index (χ2n) is 8.60. The fourth-order valence-electron chi connectivity index (χ4n) is 4.99. The average molecular weight is 441 g/mol. The van der Waals surface area contributed by atoms with Crippen LogP contribution in [0.1, 0.15) is 23.2 Å². The van der Waals surface area contributed by atoms with E-state index < -0.39 is 11.4 Å². The Hall–Kier alpha value is -3.84. The summed E-state index contributed by atoms with van der Waals surface area (Å²) < 4.78 is 8.19. The molecule has 1 aromatic heterocycles. The summed E-state index contributed by atoms with van der Waals surface area (Å²) in [5, 5.41) is 15.4. The second-order valence-corrected chi connectivity index (χ2v) is 8.60. The minimum atomic E-state index is -1.24. The Morgan fingerprint density at radius 1 is 1.03 bits per heavy atom. The quantitative estimate of drug-likeness (QED) is 0.419. The molecule has 0 unspecified atom stereocenters. The number of likely N-dealkylation sites (tertiary alicyclic amines) is 1. The Bertz CT molecular complexity index is 1480. The van der Waals surface area contributed by atoms with E-state index in [1.54, 1.807) is 6.07 Å². The molecule has 0 saturated carbocycles. The number of aromatic nitrogens is 1. The highest BCUT2D eigenvalue weighted by Gasteiger charge is 2.27. The molecule has 0 amide bonds. The molecule has 33 heavy (non-hydrogen) atoms. The van der Waals surface area contributed by atoms with E-state index in [4.69, 9.17) is 4.74 Å². The van der Waals surface area contributed by atoms with Gasteiger partial charge in [0.2, 0.25) is 5.43 Å². The first kappa shape index (κ1) is 19.8. The van der Waals surface area contributed by atoms with E-state index in [0.717, 1.165) is 48.3 Å². The number of carboxylic acid groups (broad SMARTS) is 1. The van der Waals surface area contributed by atoms with Crippen LogP contribution in [0.15, 0.2) is 59.5 Å². The Morgan fingerprint density at radius 2 is 1.85 bits per heavy atom. The number of carboxylic acids is 1. The standard InChI is InChI=1S/C26H23N3O4/c30-24-18-8-9-20(27-11-14-28-12-3-4-13-28)25-23(18)29(15-19(24)26(31)32)22-17-6-2-1-5-16(17)7-10-21(22)33-25/h1-2,5-10,15,27H,3-4,11-14H2,(H,31,32). The molecule has 0 spiro atoms. The lowest BCUT2D eigenvalue weighted by Crippen LogP contribution is -2.26. The first-order valence-electron chi connectivity index (χ1n) is 11.2. The van der Waals surface area contributed by atoms with E-state index in [9.17, 15) is 14.7 Å². The molecular formula is C26H23N3O4. The van der Waals surface area contributed by atoms with Crippen molar-refractivity contribution in [2.24, 2.45) is 0 Å². The van der Waals surface area contributed by atoms with Crippen LogP contribution in [0.4, 0.5) is 5.69 Å². The summed E-state index contributed by atoms with van der Waals surface area (Å²) in [4.78, 5) is 27.3. The summed E-state index contributed by atoms with van der Waals surface area (Å²) in [5.41, 5.74) is 1.34. The summed E-state index contributed by atoms with van der Waals surface area (Å²) in [6.07, 6.45) is 3.92. The van der Waals surface area contributed by atoms with Crippen molar-refractivity contribution < 1.29 is 14.6 Å². The lowest BCUT2D eigenvalue weighted by atomic mass is 10.0. The zero-order chi connectivity index (χ0) is 22.5. The van der Waals surface area contributed by atoms with E-state index >= 15 is 0 Å². The van der Waals surface area contributed by atoms with Gasteiger partial charge in [-0.3, -0.25) is 4.79 Å². The fraction of sp³-hybridized carbons (Fsp3) is 0.231. The van der Waals surface area contributed by atoms with Crippen LogP contribution in [0.2, 0.25) is 0 Å². The number of nitrogens with one attached hydrogen (secondary N) is 1. The lowest BCUT2D eigenvalue weighted by molar-refractivity contribution is 0.0695. The fourth-order valence-corrected chi connectivity index (χ4v) is 4.99. The third-order valence-corrected chi connectivity index (χ3v) is 6.61. The second kappa shape index (κ2) is 7.64. The van der Waals surface area contributed by atoms with Crippen LogP contribution >= 0.6 is 0 Å². The van der Waals surface area contributed by atoms with Crippen molar-refractivity contribution in [1.82, 2.24) is 9.47 Å². The molecule has 0 aliphatic carbocycles. The summed E-state index contributed by atoms with van der Waals surface area (Å²) in [5.74, 6) is -0.0738. The number of anilines is 1. The SMILES string of the molecule is O=C(O)c1cn2c3c(c(NCCN4CCCC4)ccc3c1=O)Oc1ccc3ccccc3c1-2. The van der Waals surface area contributed by atoms with Crippen molar-refractivity contribution >= 4 is 33.3 Å². The van der Waals surface area contributed by atoms with Gasteiger partial charge in [-0.1, -0.05) is 30.3 Å².